The van der Waals surface area contributed by atoms with Crippen LogP contribution in [0.15, 0.2) is 17.9 Å². The zero-order valence-electron chi connectivity index (χ0n) is 7.15. The first-order valence-electron chi connectivity index (χ1n) is 4.10. The highest BCUT2D eigenvalue weighted by Crippen LogP contribution is 2.33. The Bertz CT molecular complexity index is 172. The minimum absolute atomic E-state index is 0.425. The monoisotopic (exact) mass is 136 g/mol. The second-order valence-electron chi connectivity index (χ2n) is 3.67. The summed E-state index contributed by atoms with van der Waals surface area (Å²) in [5.41, 5.74) is 3.65. The molecule has 0 fully saturated rings. The smallest absolute Gasteiger partial charge is 0.00678 e. The quantitative estimate of drug-likeness (QED) is 0.486. The van der Waals surface area contributed by atoms with Gasteiger partial charge < -0.3 is 0 Å². The molecule has 0 bridgehead atoms. The third kappa shape index (κ3) is 1.52. The molecule has 0 aliphatic heterocycles. The van der Waals surface area contributed by atoms with E-state index in [0.29, 0.717) is 5.41 Å². The van der Waals surface area contributed by atoms with E-state index >= 15 is 0 Å². The molecule has 0 aromatic rings. The van der Waals surface area contributed by atoms with E-state index in [2.05, 4.69) is 38.7 Å². The molecular weight excluding hydrogens is 120 g/mol. The minimum atomic E-state index is 0.425. The predicted molar refractivity (Wildman–Crippen MR) is 44.8 cm³/mol. The van der Waals surface area contributed by atoms with Crippen molar-refractivity contribution in [3.05, 3.63) is 17.9 Å². The lowest BCUT2D eigenvalue weighted by atomic mass is 9.77. The molecule has 2 atom stereocenters. The highest BCUT2D eigenvalue weighted by Gasteiger charge is 2.22. The van der Waals surface area contributed by atoms with Crippen molar-refractivity contribution in [1.29, 1.82) is 0 Å². The van der Waals surface area contributed by atoms with Crippen LogP contribution in [0.1, 0.15) is 33.6 Å². The average molecular weight is 136 g/mol. The summed E-state index contributed by atoms with van der Waals surface area (Å²) in [6.45, 7) is 6.81. The first kappa shape index (κ1) is 7.63. The standard InChI is InChI=1S/C10H16/c1-4-10(3)7-5-6-9(2)8-10/h6-7,9H,4,8H2,1-3H3/t9-,10?/m1/s1. The van der Waals surface area contributed by atoms with Gasteiger partial charge in [-0.1, -0.05) is 20.8 Å². The van der Waals surface area contributed by atoms with Crippen LogP contribution in [0.2, 0.25) is 0 Å². The molecule has 0 aromatic heterocycles. The largest absolute Gasteiger partial charge is 0.129 e. The fourth-order valence-corrected chi connectivity index (χ4v) is 1.51. The van der Waals surface area contributed by atoms with Crippen molar-refractivity contribution in [2.24, 2.45) is 11.3 Å². The molecule has 1 unspecified atom stereocenters. The average Bonchev–Trinajstić information content (AvgIpc) is 1.88. The van der Waals surface area contributed by atoms with Crippen molar-refractivity contribution in [2.75, 3.05) is 0 Å². The Kier molecular flexibility index (Phi) is 2.01. The molecule has 0 aromatic carbocycles. The van der Waals surface area contributed by atoms with E-state index in [1.165, 1.54) is 12.8 Å². The minimum Gasteiger partial charge on any atom is -0.129 e. The van der Waals surface area contributed by atoms with Crippen LogP contribution < -0.4 is 0 Å². The van der Waals surface area contributed by atoms with Crippen LogP contribution in [0.4, 0.5) is 0 Å². The second-order valence-corrected chi connectivity index (χ2v) is 3.67. The topological polar surface area (TPSA) is 0 Å². The van der Waals surface area contributed by atoms with Crippen LogP contribution in [-0.2, 0) is 0 Å². The van der Waals surface area contributed by atoms with Crippen molar-refractivity contribution in [1.82, 2.24) is 0 Å². The van der Waals surface area contributed by atoms with Gasteiger partial charge in [-0.05, 0) is 36.3 Å². The van der Waals surface area contributed by atoms with Gasteiger partial charge in [0, 0.05) is 0 Å². The van der Waals surface area contributed by atoms with Gasteiger partial charge in [-0.3, -0.25) is 0 Å². The van der Waals surface area contributed by atoms with E-state index in [1.54, 1.807) is 0 Å². The number of allylic oxidation sites excluding steroid dienone is 1. The highest BCUT2D eigenvalue weighted by atomic mass is 14.3. The first-order valence-corrected chi connectivity index (χ1v) is 4.10. The Hall–Kier alpha value is -0.480. The number of hydrogen-bond donors (Lipinski definition) is 0. The van der Waals surface area contributed by atoms with E-state index < -0.39 is 0 Å². The molecule has 1 aliphatic carbocycles. The van der Waals surface area contributed by atoms with Crippen molar-refractivity contribution >= 4 is 0 Å². The van der Waals surface area contributed by atoms with Gasteiger partial charge in [0.1, 0.15) is 0 Å². The van der Waals surface area contributed by atoms with Crippen molar-refractivity contribution in [3.63, 3.8) is 0 Å². The van der Waals surface area contributed by atoms with Gasteiger partial charge in [-0.15, -0.1) is 5.73 Å². The summed E-state index contributed by atoms with van der Waals surface area (Å²) in [5.74, 6) is 0.718. The predicted octanol–water partition coefficient (Wildman–Crippen LogP) is 3.15. The highest BCUT2D eigenvalue weighted by molar-refractivity contribution is 5.04. The van der Waals surface area contributed by atoms with Crippen molar-refractivity contribution < 1.29 is 0 Å². The van der Waals surface area contributed by atoms with Crippen molar-refractivity contribution in [2.45, 2.75) is 33.6 Å². The molecular formula is C10H16. The summed E-state index contributed by atoms with van der Waals surface area (Å²) in [4.78, 5) is 0. The number of rotatable bonds is 1. The fraction of sp³-hybridized carbons (Fsp3) is 0.700. The van der Waals surface area contributed by atoms with Gasteiger partial charge in [0.05, 0.1) is 0 Å². The Balaban J connectivity index is 2.76. The van der Waals surface area contributed by atoms with Crippen LogP contribution in [0.3, 0.4) is 0 Å². The summed E-state index contributed by atoms with van der Waals surface area (Å²) >= 11 is 0. The van der Waals surface area contributed by atoms with E-state index in [0.717, 1.165) is 5.92 Å². The molecule has 0 radical (unpaired) electrons. The molecule has 0 nitrogen and oxygen atoms in total. The normalized spacial score (nSPS) is 38.5. The van der Waals surface area contributed by atoms with E-state index in [9.17, 15) is 0 Å². The van der Waals surface area contributed by atoms with Gasteiger partial charge >= 0.3 is 0 Å². The van der Waals surface area contributed by atoms with E-state index in [4.69, 9.17) is 0 Å². The zero-order chi connectivity index (χ0) is 7.61. The Morgan fingerprint density at radius 2 is 2.40 bits per heavy atom. The van der Waals surface area contributed by atoms with Gasteiger partial charge in [0.15, 0.2) is 0 Å². The van der Waals surface area contributed by atoms with Crippen LogP contribution in [-0.4, -0.2) is 0 Å². The Labute approximate surface area is 63.6 Å². The van der Waals surface area contributed by atoms with E-state index in [1.807, 2.05) is 0 Å². The van der Waals surface area contributed by atoms with Crippen molar-refractivity contribution in [3.8, 4) is 0 Å². The molecule has 0 heteroatoms. The summed E-state index contributed by atoms with van der Waals surface area (Å²) in [7, 11) is 0. The van der Waals surface area contributed by atoms with E-state index in [-0.39, 0.29) is 0 Å². The van der Waals surface area contributed by atoms with Crippen LogP contribution in [0.25, 0.3) is 0 Å². The summed E-state index contributed by atoms with van der Waals surface area (Å²) in [6.07, 6.45) is 6.90. The summed E-state index contributed by atoms with van der Waals surface area (Å²) in [5, 5.41) is 0. The Morgan fingerprint density at radius 1 is 1.70 bits per heavy atom. The van der Waals surface area contributed by atoms with Crippen LogP contribution in [0, 0.1) is 11.3 Å². The molecule has 0 saturated carbocycles. The molecule has 0 amide bonds. The lowest BCUT2D eigenvalue weighted by molar-refractivity contribution is 0.331. The molecule has 1 aliphatic rings. The first-order chi connectivity index (χ1) is 4.66. The molecule has 10 heavy (non-hydrogen) atoms. The molecule has 0 heterocycles. The Morgan fingerprint density at radius 3 is 2.80 bits per heavy atom. The molecule has 0 saturated heterocycles. The molecule has 0 N–H and O–H groups in total. The van der Waals surface area contributed by atoms with Gasteiger partial charge in [-0.2, -0.15) is 0 Å². The fourth-order valence-electron chi connectivity index (χ4n) is 1.51. The number of hydrogen-bond acceptors (Lipinski definition) is 0. The lowest BCUT2D eigenvalue weighted by Crippen LogP contribution is -2.16. The zero-order valence-corrected chi connectivity index (χ0v) is 7.15. The van der Waals surface area contributed by atoms with Gasteiger partial charge in [0.25, 0.3) is 0 Å². The third-order valence-corrected chi connectivity index (χ3v) is 2.41. The molecule has 1 rings (SSSR count). The maximum atomic E-state index is 3.23. The lowest BCUT2D eigenvalue weighted by Gasteiger charge is -2.27. The molecule has 0 spiro atoms. The third-order valence-electron chi connectivity index (χ3n) is 2.41. The maximum absolute atomic E-state index is 3.23. The second kappa shape index (κ2) is 2.64. The van der Waals surface area contributed by atoms with Crippen LogP contribution >= 0.6 is 0 Å². The van der Waals surface area contributed by atoms with Gasteiger partial charge in [0.2, 0.25) is 0 Å². The SMILES string of the molecule is CCC1(C)C=C=C[C@@H](C)C1. The maximum Gasteiger partial charge on any atom is -0.00678 e. The molecule has 56 valence electrons. The van der Waals surface area contributed by atoms with Gasteiger partial charge in [-0.25, -0.2) is 0 Å². The summed E-state index contributed by atoms with van der Waals surface area (Å²) < 4.78 is 0. The van der Waals surface area contributed by atoms with Crippen LogP contribution in [0.5, 0.6) is 0 Å². The summed E-state index contributed by atoms with van der Waals surface area (Å²) in [6, 6.07) is 0.